The highest BCUT2D eigenvalue weighted by Gasteiger charge is 2.18. The first kappa shape index (κ1) is 14.7. The summed E-state index contributed by atoms with van der Waals surface area (Å²) in [6.45, 7) is 2.14. The van der Waals surface area contributed by atoms with Gasteiger partial charge >= 0.3 is 0 Å². The normalized spacial score (nSPS) is 12.7. The van der Waals surface area contributed by atoms with Gasteiger partial charge in [-0.2, -0.15) is 0 Å². The highest BCUT2D eigenvalue weighted by Crippen LogP contribution is 2.38. The molecule has 18 heavy (non-hydrogen) atoms. The van der Waals surface area contributed by atoms with Crippen LogP contribution in [0.15, 0.2) is 37.0 Å². The Hall–Kier alpha value is 0.320. The Balaban J connectivity index is 2.48. The Bertz CT molecular complexity index is 546. The van der Waals surface area contributed by atoms with E-state index in [1.807, 2.05) is 7.05 Å². The van der Waals surface area contributed by atoms with Gasteiger partial charge in [0, 0.05) is 13.8 Å². The van der Waals surface area contributed by atoms with E-state index in [-0.39, 0.29) is 6.04 Å². The molecular formula is C13H12Br3NS. The van der Waals surface area contributed by atoms with Crippen LogP contribution in [0.4, 0.5) is 0 Å². The molecule has 0 spiro atoms. The lowest BCUT2D eigenvalue weighted by molar-refractivity contribution is 0.698. The Kier molecular flexibility index (Phi) is 5.06. The first-order chi connectivity index (χ1) is 8.54. The number of nitrogens with one attached hydrogen (secondary N) is 1. The van der Waals surface area contributed by atoms with Crippen molar-refractivity contribution < 1.29 is 0 Å². The quantitative estimate of drug-likeness (QED) is 0.633. The van der Waals surface area contributed by atoms with Crippen LogP contribution in [0.25, 0.3) is 0 Å². The van der Waals surface area contributed by atoms with E-state index in [1.165, 1.54) is 16.0 Å². The molecule has 0 aliphatic heterocycles. The lowest BCUT2D eigenvalue weighted by atomic mass is 10.0. The highest BCUT2D eigenvalue weighted by molar-refractivity contribution is 9.13. The summed E-state index contributed by atoms with van der Waals surface area (Å²) in [6, 6.07) is 8.70. The molecule has 2 rings (SSSR count). The van der Waals surface area contributed by atoms with Gasteiger partial charge < -0.3 is 5.32 Å². The van der Waals surface area contributed by atoms with E-state index < -0.39 is 0 Å². The van der Waals surface area contributed by atoms with Crippen LogP contribution in [0.3, 0.4) is 0 Å². The highest BCUT2D eigenvalue weighted by atomic mass is 79.9. The summed E-state index contributed by atoms with van der Waals surface area (Å²) in [4.78, 5) is 1.29. The van der Waals surface area contributed by atoms with E-state index in [9.17, 15) is 0 Å². The fourth-order valence-electron chi connectivity index (χ4n) is 1.89. The van der Waals surface area contributed by atoms with Crippen molar-refractivity contribution in [1.82, 2.24) is 5.32 Å². The Morgan fingerprint density at radius 2 is 1.89 bits per heavy atom. The first-order valence-electron chi connectivity index (χ1n) is 5.41. The van der Waals surface area contributed by atoms with E-state index in [2.05, 4.69) is 84.3 Å². The second-order valence-electron chi connectivity index (χ2n) is 3.95. The molecule has 0 radical (unpaired) electrons. The number of rotatable bonds is 3. The maximum atomic E-state index is 3.59. The van der Waals surface area contributed by atoms with Gasteiger partial charge in [-0.1, -0.05) is 28.1 Å². The van der Waals surface area contributed by atoms with Gasteiger partial charge in [0.15, 0.2) is 0 Å². The van der Waals surface area contributed by atoms with Gasteiger partial charge in [-0.3, -0.25) is 0 Å². The predicted octanol–water partition coefficient (Wildman–Crippen LogP) is 5.65. The molecular weight excluding hydrogens is 442 g/mol. The zero-order valence-electron chi connectivity index (χ0n) is 9.93. The molecule has 1 atom stereocenters. The summed E-state index contributed by atoms with van der Waals surface area (Å²) < 4.78 is 3.38. The van der Waals surface area contributed by atoms with E-state index in [0.717, 1.165) is 12.7 Å². The topological polar surface area (TPSA) is 12.0 Å². The number of thiophene rings is 1. The van der Waals surface area contributed by atoms with E-state index in [0.29, 0.717) is 0 Å². The number of benzene rings is 1. The molecule has 0 bridgehead atoms. The molecule has 1 nitrogen and oxygen atoms in total. The lowest BCUT2D eigenvalue weighted by Crippen LogP contribution is -2.17. The second kappa shape index (κ2) is 6.18. The van der Waals surface area contributed by atoms with Crippen molar-refractivity contribution in [2.24, 2.45) is 0 Å². The van der Waals surface area contributed by atoms with Gasteiger partial charge in [0.1, 0.15) is 0 Å². The molecule has 1 aromatic carbocycles. The molecule has 0 aliphatic carbocycles. The van der Waals surface area contributed by atoms with Gasteiger partial charge in [-0.05, 0) is 69.1 Å². The van der Waals surface area contributed by atoms with E-state index in [4.69, 9.17) is 0 Å². The van der Waals surface area contributed by atoms with E-state index in [1.54, 1.807) is 11.3 Å². The van der Waals surface area contributed by atoms with Gasteiger partial charge in [0.05, 0.1) is 9.83 Å². The summed E-state index contributed by atoms with van der Waals surface area (Å²) in [7, 11) is 1.99. The molecule has 0 aliphatic rings. The summed E-state index contributed by atoms with van der Waals surface area (Å²) >= 11 is 12.4. The minimum atomic E-state index is 0.218. The molecule has 5 heteroatoms. The molecule has 0 amide bonds. The van der Waals surface area contributed by atoms with Crippen molar-refractivity contribution in [1.29, 1.82) is 0 Å². The number of halogens is 3. The Morgan fingerprint density at radius 3 is 2.44 bits per heavy atom. The van der Waals surface area contributed by atoms with Crippen LogP contribution in [0.2, 0.25) is 0 Å². The van der Waals surface area contributed by atoms with Crippen LogP contribution in [-0.2, 0) is 0 Å². The van der Waals surface area contributed by atoms with Crippen molar-refractivity contribution in [3.63, 3.8) is 0 Å². The van der Waals surface area contributed by atoms with Crippen LogP contribution >= 0.6 is 59.1 Å². The third-order valence-electron chi connectivity index (χ3n) is 2.86. The van der Waals surface area contributed by atoms with E-state index >= 15 is 0 Å². The van der Waals surface area contributed by atoms with Gasteiger partial charge in [-0.15, -0.1) is 11.3 Å². The summed E-state index contributed by atoms with van der Waals surface area (Å²) in [6.07, 6.45) is 0. The standard InChI is InChI=1S/C13H12Br3NS/c1-7-8(4-3-5-9(7)14)12(17-2)11-6-10(15)13(16)18-11/h3-6,12,17H,1-2H3. The zero-order valence-corrected chi connectivity index (χ0v) is 15.5. The smallest absolute Gasteiger partial charge is 0.0843 e. The minimum Gasteiger partial charge on any atom is -0.309 e. The third-order valence-corrected chi connectivity index (χ3v) is 7.04. The molecule has 1 aromatic heterocycles. The SMILES string of the molecule is CNC(c1cc(Br)c(Br)s1)c1cccc(Br)c1C. The summed E-state index contributed by atoms with van der Waals surface area (Å²) in [5.74, 6) is 0. The van der Waals surface area contributed by atoms with Crippen molar-refractivity contribution in [3.05, 3.63) is 53.0 Å². The molecule has 1 heterocycles. The first-order valence-corrected chi connectivity index (χ1v) is 8.61. The van der Waals surface area contributed by atoms with Crippen molar-refractivity contribution in [2.45, 2.75) is 13.0 Å². The number of hydrogen-bond donors (Lipinski definition) is 1. The fourth-order valence-corrected chi connectivity index (χ4v) is 4.49. The van der Waals surface area contributed by atoms with Gasteiger partial charge in [-0.25, -0.2) is 0 Å². The molecule has 1 N–H and O–H groups in total. The van der Waals surface area contributed by atoms with Crippen LogP contribution in [-0.4, -0.2) is 7.05 Å². The predicted molar refractivity (Wildman–Crippen MR) is 89.5 cm³/mol. The number of hydrogen-bond acceptors (Lipinski definition) is 2. The van der Waals surface area contributed by atoms with Crippen molar-refractivity contribution in [3.8, 4) is 0 Å². The Labute approximate surface area is 136 Å². The van der Waals surface area contributed by atoms with Gasteiger partial charge in [0.25, 0.3) is 0 Å². The minimum absolute atomic E-state index is 0.218. The molecule has 1 unspecified atom stereocenters. The molecule has 0 saturated carbocycles. The Morgan fingerprint density at radius 1 is 1.17 bits per heavy atom. The molecule has 96 valence electrons. The maximum absolute atomic E-state index is 3.59. The van der Waals surface area contributed by atoms with Gasteiger partial charge in [0.2, 0.25) is 0 Å². The average molecular weight is 454 g/mol. The van der Waals surface area contributed by atoms with Crippen LogP contribution in [0.1, 0.15) is 22.0 Å². The second-order valence-corrected chi connectivity index (χ2v) is 8.06. The van der Waals surface area contributed by atoms with Crippen molar-refractivity contribution in [2.75, 3.05) is 7.05 Å². The zero-order chi connectivity index (χ0) is 13.3. The molecule has 0 fully saturated rings. The maximum Gasteiger partial charge on any atom is 0.0843 e. The van der Waals surface area contributed by atoms with Crippen LogP contribution in [0.5, 0.6) is 0 Å². The van der Waals surface area contributed by atoms with Crippen LogP contribution < -0.4 is 5.32 Å². The lowest BCUT2D eigenvalue weighted by Gasteiger charge is -2.18. The van der Waals surface area contributed by atoms with Crippen LogP contribution in [0, 0.1) is 6.92 Å². The van der Waals surface area contributed by atoms with Crippen molar-refractivity contribution >= 4 is 59.1 Å². The fraction of sp³-hybridized carbons (Fsp3) is 0.231. The largest absolute Gasteiger partial charge is 0.309 e. The molecule has 2 aromatic rings. The monoisotopic (exact) mass is 451 g/mol. The summed E-state index contributed by atoms with van der Waals surface area (Å²) in [5.41, 5.74) is 2.57. The summed E-state index contributed by atoms with van der Waals surface area (Å²) in [5, 5.41) is 3.39. The average Bonchev–Trinajstić information content (AvgIpc) is 2.66. The third kappa shape index (κ3) is 2.90. The molecule has 0 saturated heterocycles.